The van der Waals surface area contributed by atoms with Crippen LogP contribution < -0.4 is 10.9 Å². The quantitative estimate of drug-likeness (QED) is 0.507. The Balaban J connectivity index is 2.08. The van der Waals surface area contributed by atoms with Gasteiger partial charge in [-0.3, -0.25) is 30.6 Å². The van der Waals surface area contributed by atoms with Crippen molar-refractivity contribution < 1.29 is 14.5 Å². The molecule has 7 nitrogen and oxygen atoms in total. The third-order valence-corrected chi connectivity index (χ3v) is 4.33. The second kappa shape index (κ2) is 7.05. The van der Waals surface area contributed by atoms with Crippen LogP contribution in [0.15, 0.2) is 40.6 Å². The van der Waals surface area contributed by atoms with Crippen LogP contribution in [0.2, 0.25) is 0 Å². The molecule has 1 aromatic carbocycles. The van der Waals surface area contributed by atoms with Crippen molar-refractivity contribution in [1.29, 1.82) is 0 Å². The van der Waals surface area contributed by atoms with E-state index in [1.165, 1.54) is 41.3 Å². The lowest BCUT2D eigenvalue weighted by Crippen LogP contribution is -2.41. The summed E-state index contributed by atoms with van der Waals surface area (Å²) < 4.78 is 0. The average molecular weight is 337 g/mol. The lowest BCUT2D eigenvalue weighted by Gasteiger charge is -2.07. The maximum Gasteiger partial charge on any atom is 0.283 e. The summed E-state index contributed by atoms with van der Waals surface area (Å²) in [6.07, 6.45) is 1.71. The van der Waals surface area contributed by atoms with Crippen LogP contribution in [0.25, 0.3) is 0 Å². The first-order chi connectivity index (χ1) is 10.5. The Morgan fingerprint density at radius 2 is 1.95 bits per heavy atom. The third-order valence-electron chi connectivity index (χ3n) is 2.67. The normalized spacial score (nSPS) is 10.0. The van der Waals surface area contributed by atoms with Gasteiger partial charge in [-0.2, -0.15) is 0 Å². The smallest absolute Gasteiger partial charge is 0.267 e. The molecule has 2 N–H and O–H groups in total. The highest BCUT2D eigenvalue weighted by Gasteiger charge is 2.17. The van der Waals surface area contributed by atoms with Gasteiger partial charge in [0.15, 0.2) is 0 Å². The fraction of sp³-hybridized carbons (Fsp3) is 0.0769. The van der Waals surface area contributed by atoms with Crippen molar-refractivity contribution in [3.63, 3.8) is 0 Å². The maximum atomic E-state index is 11.9. The van der Waals surface area contributed by atoms with Crippen molar-refractivity contribution in [3.8, 4) is 0 Å². The lowest BCUT2D eigenvalue weighted by molar-refractivity contribution is -0.387. The van der Waals surface area contributed by atoms with E-state index in [1.54, 1.807) is 23.8 Å². The number of amides is 2. The van der Waals surface area contributed by atoms with Gasteiger partial charge in [0.05, 0.1) is 14.7 Å². The number of nitro benzene ring substituents is 1. The average Bonchev–Trinajstić information content (AvgIpc) is 3.06. The standard InChI is InChI=1S/C13H11N3O4S2/c1-21-10-5-4-8(7-9(10)16(19)20)12(17)14-15-13(18)11-3-2-6-22-11/h2-7H,1H3,(H,14,17)(H,15,18). The summed E-state index contributed by atoms with van der Waals surface area (Å²) in [5.74, 6) is -1.07. The number of benzene rings is 1. The van der Waals surface area contributed by atoms with E-state index >= 15 is 0 Å². The van der Waals surface area contributed by atoms with Crippen molar-refractivity contribution in [2.45, 2.75) is 4.90 Å². The summed E-state index contributed by atoms with van der Waals surface area (Å²) in [6.45, 7) is 0. The number of thioether (sulfide) groups is 1. The zero-order valence-corrected chi connectivity index (χ0v) is 13.0. The highest BCUT2D eigenvalue weighted by molar-refractivity contribution is 7.98. The minimum atomic E-state index is -0.624. The van der Waals surface area contributed by atoms with Gasteiger partial charge in [-0.25, -0.2) is 0 Å². The predicted molar refractivity (Wildman–Crippen MR) is 84.1 cm³/mol. The van der Waals surface area contributed by atoms with E-state index in [0.29, 0.717) is 9.77 Å². The minimum absolute atomic E-state index is 0.0935. The molecule has 0 radical (unpaired) electrons. The molecule has 22 heavy (non-hydrogen) atoms. The number of carbonyl (C=O) groups is 2. The molecule has 0 fully saturated rings. The number of hydrogen-bond acceptors (Lipinski definition) is 6. The number of nitrogens with one attached hydrogen (secondary N) is 2. The van der Waals surface area contributed by atoms with E-state index in [-0.39, 0.29) is 11.3 Å². The SMILES string of the molecule is CSc1ccc(C(=O)NNC(=O)c2cccs2)cc1[N+](=O)[O-]. The molecule has 0 atom stereocenters. The molecule has 0 aliphatic heterocycles. The number of thiophene rings is 1. The third kappa shape index (κ3) is 3.62. The molecule has 0 unspecified atom stereocenters. The molecule has 2 aromatic rings. The first-order valence-corrected chi connectivity index (χ1v) is 8.10. The Morgan fingerprint density at radius 1 is 1.23 bits per heavy atom. The van der Waals surface area contributed by atoms with Gasteiger partial charge >= 0.3 is 0 Å². The fourth-order valence-corrected chi connectivity index (χ4v) is 2.79. The van der Waals surface area contributed by atoms with Gasteiger partial charge in [0.1, 0.15) is 0 Å². The zero-order valence-electron chi connectivity index (χ0n) is 11.4. The van der Waals surface area contributed by atoms with Crippen LogP contribution in [-0.4, -0.2) is 23.0 Å². The lowest BCUT2D eigenvalue weighted by atomic mass is 10.2. The Labute approximate surface area is 133 Å². The molecule has 0 aliphatic rings. The molecule has 2 amide bonds. The van der Waals surface area contributed by atoms with E-state index in [1.807, 2.05) is 0 Å². The fourth-order valence-electron chi connectivity index (χ4n) is 1.63. The number of hydrazine groups is 1. The summed E-state index contributed by atoms with van der Waals surface area (Å²) in [4.78, 5) is 35.0. The van der Waals surface area contributed by atoms with Crippen LogP contribution in [0, 0.1) is 10.1 Å². The Morgan fingerprint density at radius 3 is 2.55 bits per heavy atom. The number of carbonyl (C=O) groups excluding carboxylic acids is 2. The van der Waals surface area contributed by atoms with E-state index in [9.17, 15) is 19.7 Å². The van der Waals surface area contributed by atoms with E-state index in [4.69, 9.17) is 0 Å². The van der Waals surface area contributed by atoms with Crippen molar-refractivity contribution in [1.82, 2.24) is 10.9 Å². The van der Waals surface area contributed by atoms with E-state index in [2.05, 4.69) is 10.9 Å². The summed E-state index contributed by atoms with van der Waals surface area (Å²) in [5.41, 5.74) is 4.43. The van der Waals surface area contributed by atoms with Gasteiger partial charge in [0.25, 0.3) is 17.5 Å². The van der Waals surface area contributed by atoms with Gasteiger partial charge in [-0.05, 0) is 29.8 Å². The molecular weight excluding hydrogens is 326 g/mol. The first kappa shape index (κ1) is 16.0. The van der Waals surface area contributed by atoms with Crippen LogP contribution in [0.3, 0.4) is 0 Å². The van der Waals surface area contributed by atoms with Gasteiger partial charge in [0.2, 0.25) is 0 Å². The second-order valence-electron chi connectivity index (χ2n) is 4.03. The van der Waals surface area contributed by atoms with Crippen molar-refractivity contribution >= 4 is 40.6 Å². The topological polar surface area (TPSA) is 101 Å². The van der Waals surface area contributed by atoms with Crippen LogP contribution in [-0.2, 0) is 0 Å². The van der Waals surface area contributed by atoms with Crippen LogP contribution in [0.1, 0.15) is 20.0 Å². The molecule has 0 spiro atoms. The Hall–Kier alpha value is -2.39. The zero-order chi connectivity index (χ0) is 16.1. The first-order valence-electron chi connectivity index (χ1n) is 5.99. The van der Waals surface area contributed by atoms with Gasteiger partial charge in [-0.15, -0.1) is 23.1 Å². The molecule has 114 valence electrons. The number of nitrogens with zero attached hydrogens (tertiary/aromatic N) is 1. The summed E-state index contributed by atoms with van der Waals surface area (Å²) in [7, 11) is 0. The van der Waals surface area contributed by atoms with E-state index in [0.717, 1.165) is 0 Å². The Kier molecular flexibility index (Phi) is 5.12. The molecule has 0 saturated heterocycles. The van der Waals surface area contributed by atoms with E-state index < -0.39 is 16.7 Å². The molecule has 9 heteroatoms. The largest absolute Gasteiger partial charge is 0.283 e. The minimum Gasteiger partial charge on any atom is -0.267 e. The van der Waals surface area contributed by atoms with Gasteiger partial charge in [0, 0.05) is 11.6 Å². The van der Waals surface area contributed by atoms with Crippen LogP contribution >= 0.6 is 23.1 Å². The molecule has 1 aromatic heterocycles. The molecule has 2 rings (SSSR count). The van der Waals surface area contributed by atoms with Crippen molar-refractivity contribution in [2.24, 2.45) is 0 Å². The number of hydrogen-bond donors (Lipinski definition) is 2. The highest BCUT2D eigenvalue weighted by Crippen LogP contribution is 2.28. The summed E-state index contributed by atoms with van der Waals surface area (Å²) in [5, 5.41) is 12.7. The number of rotatable bonds is 4. The molecule has 1 heterocycles. The molecular formula is C13H11N3O4S2. The Bertz CT molecular complexity index is 716. The van der Waals surface area contributed by atoms with Crippen molar-refractivity contribution in [3.05, 3.63) is 56.3 Å². The molecule has 0 saturated carbocycles. The molecule has 0 bridgehead atoms. The van der Waals surface area contributed by atoms with Crippen LogP contribution in [0.5, 0.6) is 0 Å². The highest BCUT2D eigenvalue weighted by atomic mass is 32.2. The van der Waals surface area contributed by atoms with Crippen molar-refractivity contribution in [2.75, 3.05) is 6.26 Å². The summed E-state index contributed by atoms with van der Waals surface area (Å²) >= 11 is 2.45. The molecule has 0 aliphatic carbocycles. The van der Waals surface area contributed by atoms with Gasteiger partial charge < -0.3 is 0 Å². The maximum absolute atomic E-state index is 11.9. The second-order valence-corrected chi connectivity index (χ2v) is 5.83. The van der Waals surface area contributed by atoms with Gasteiger partial charge in [-0.1, -0.05) is 6.07 Å². The monoisotopic (exact) mass is 337 g/mol. The predicted octanol–water partition coefficient (Wildman–Crippen LogP) is 2.45. The summed E-state index contributed by atoms with van der Waals surface area (Å²) in [6, 6.07) is 7.47. The van der Waals surface area contributed by atoms with Crippen LogP contribution in [0.4, 0.5) is 5.69 Å². The number of nitro groups is 1.